The van der Waals surface area contributed by atoms with Gasteiger partial charge in [0.25, 0.3) is 0 Å². The van der Waals surface area contributed by atoms with Gasteiger partial charge in [0, 0.05) is 30.3 Å². The van der Waals surface area contributed by atoms with E-state index in [1.165, 1.54) is 0 Å². The highest BCUT2D eigenvalue weighted by molar-refractivity contribution is 6.02. The van der Waals surface area contributed by atoms with Crippen molar-refractivity contribution in [2.75, 3.05) is 6.61 Å². The quantitative estimate of drug-likeness (QED) is 0.771. The normalized spacial score (nSPS) is 10.9. The number of carboxylic acids is 1. The number of nitrogens with zero attached hydrogens (tertiary/aromatic N) is 1. The van der Waals surface area contributed by atoms with Crippen LogP contribution < -0.4 is 0 Å². The summed E-state index contributed by atoms with van der Waals surface area (Å²) in [7, 11) is 0. The van der Waals surface area contributed by atoms with Crippen LogP contribution in [-0.2, 0) is 6.54 Å². The molecule has 0 amide bonds. The van der Waals surface area contributed by atoms with Crippen molar-refractivity contribution in [2.45, 2.75) is 25.8 Å². The Hall–Kier alpha value is -1.81. The number of fused-ring (bicyclic) bond motifs is 1. The van der Waals surface area contributed by atoms with Crippen molar-refractivity contribution in [3.63, 3.8) is 0 Å². The number of carbonyl (C=O) groups is 1. The summed E-state index contributed by atoms with van der Waals surface area (Å²) in [5.74, 6) is -0.890. The zero-order valence-corrected chi connectivity index (χ0v) is 10.2. The highest BCUT2D eigenvalue weighted by Gasteiger charge is 2.10. The predicted octanol–water partition coefficient (Wildman–Crippen LogP) is 2.50. The standard InChI is InChI=1S/C14H17NO3/c16-10-3-1-2-8-15-9-7-11-12(14(17)18)5-4-6-13(11)15/h4-7,9,16H,1-3,8,10H2,(H,17,18). The second-order valence-electron chi connectivity index (χ2n) is 4.34. The first-order valence-corrected chi connectivity index (χ1v) is 6.16. The molecule has 1 aromatic heterocycles. The van der Waals surface area contributed by atoms with Crippen molar-refractivity contribution >= 4 is 16.9 Å². The average molecular weight is 247 g/mol. The van der Waals surface area contributed by atoms with Crippen LogP contribution in [0.15, 0.2) is 30.5 Å². The Morgan fingerprint density at radius 1 is 1.17 bits per heavy atom. The number of aromatic nitrogens is 1. The lowest BCUT2D eigenvalue weighted by molar-refractivity contribution is 0.0699. The fourth-order valence-corrected chi connectivity index (χ4v) is 2.18. The van der Waals surface area contributed by atoms with Crippen molar-refractivity contribution < 1.29 is 15.0 Å². The monoisotopic (exact) mass is 247 g/mol. The van der Waals surface area contributed by atoms with Gasteiger partial charge in [0.1, 0.15) is 0 Å². The molecule has 0 saturated carbocycles. The second kappa shape index (κ2) is 5.69. The number of carboxylic acid groups (broad SMARTS) is 1. The number of aryl methyl sites for hydroxylation is 1. The third-order valence-electron chi connectivity index (χ3n) is 3.10. The van der Waals surface area contributed by atoms with Gasteiger partial charge in [-0.05, 0) is 37.5 Å². The van der Waals surface area contributed by atoms with E-state index in [-0.39, 0.29) is 6.61 Å². The molecule has 0 aliphatic heterocycles. The van der Waals surface area contributed by atoms with Gasteiger partial charge < -0.3 is 14.8 Å². The zero-order chi connectivity index (χ0) is 13.0. The molecular weight excluding hydrogens is 230 g/mol. The molecule has 0 fully saturated rings. The Morgan fingerprint density at radius 3 is 2.72 bits per heavy atom. The van der Waals surface area contributed by atoms with Crippen molar-refractivity contribution in [3.8, 4) is 0 Å². The fourth-order valence-electron chi connectivity index (χ4n) is 2.18. The van der Waals surface area contributed by atoms with Gasteiger partial charge in [-0.25, -0.2) is 4.79 Å². The van der Waals surface area contributed by atoms with E-state index in [9.17, 15) is 4.79 Å². The topological polar surface area (TPSA) is 62.5 Å². The maximum Gasteiger partial charge on any atom is 0.336 e. The number of hydrogen-bond acceptors (Lipinski definition) is 2. The van der Waals surface area contributed by atoms with Crippen LogP contribution in [0.2, 0.25) is 0 Å². The van der Waals surface area contributed by atoms with Crippen LogP contribution in [0.5, 0.6) is 0 Å². The highest BCUT2D eigenvalue weighted by atomic mass is 16.4. The van der Waals surface area contributed by atoms with Crippen LogP contribution >= 0.6 is 0 Å². The molecular formula is C14H17NO3. The summed E-state index contributed by atoms with van der Waals surface area (Å²) >= 11 is 0. The van der Waals surface area contributed by atoms with E-state index in [1.807, 2.05) is 18.3 Å². The van der Waals surface area contributed by atoms with Crippen molar-refractivity contribution in [1.29, 1.82) is 0 Å². The van der Waals surface area contributed by atoms with Crippen molar-refractivity contribution in [1.82, 2.24) is 4.57 Å². The molecule has 2 aromatic rings. The van der Waals surface area contributed by atoms with Gasteiger partial charge in [-0.1, -0.05) is 6.07 Å². The maximum atomic E-state index is 11.1. The molecule has 0 saturated heterocycles. The van der Waals surface area contributed by atoms with Crippen LogP contribution in [0.25, 0.3) is 10.9 Å². The van der Waals surface area contributed by atoms with Crippen molar-refractivity contribution in [3.05, 3.63) is 36.0 Å². The van der Waals surface area contributed by atoms with Crippen LogP contribution in [0, 0.1) is 0 Å². The van der Waals surface area contributed by atoms with Gasteiger partial charge in [0.2, 0.25) is 0 Å². The first kappa shape index (κ1) is 12.6. The van der Waals surface area contributed by atoms with Crippen LogP contribution in [0.3, 0.4) is 0 Å². The largest absolute Gasteiger partial charge is 0.478 e. The Bertz CT molecular complexity index is 545. The number of rotatable bonds is 6. The lowest BCUT2D eigenvalue weighted by atomic mass is 10.1. The van der Waals surface area contributed by atoms with E-state index in [4.69, 9.17) is 10.2 Å². The molecule has 2 N–H and O–H groups in total. The maximum absolute atomic E-state index is 11.1. The smallest absolute Gasteiger partial charge is 0.336 e. The Morgan fingerprint density at radius 2 is 2.00 bits per heavy atom. The third-order valence-corrected chi connectivity index (χ3v) is 3.10. The van der Waals surface area contributed by atoms with E-state index in [0.29, 0.717) is 5.56 Å². The summed E-state index contributed by atoms with van der Waals surface area (Å²) < 4.78 is 2.07. The van der Waals surface area contributed by atoms with Gasteiger partial charge >= 0.3 is 5.97 Å². The van der Waals surface area contributed by atoms with Crippen LogP contribution in [0.4, 0.5) is 0 Å². The van der Waals surface area contributed by atoms with E-state index in [1.54, 1.807) is 12.1 Å². The van der Waals surface area contributed by atoms with Gasteiger partial charge in [0.15, 0.2) is 0 Å². The summed E-state index contributed by atoms with van der Waals surface area (Å²) in [6.07, 6.45) is 4.71. The molecule has 4 nitrogen and oxygen atoms in total. The first-order valence-electron chi connectivity index (χ1n) is 6.16. The minimum absolute atomic E-state index is 0.232. The molecule has 0 bridgehead atoms. The van der Waals surface area contributed by atoms with E-state index in [2.05, 4.69) is 4.57 Å². The van der Waals surface area contributed by atoms with Crippen LogP contribution in [-0.4, -0.2) is 27.4 Å². The molecule has 0 aliphatic carbocycles. The Kier molecular flexibility index (Phi) is 3.99. The van der Waals surface area contributed by atoms with E-state index < -0.39 is 5.97 Å². The molecule has 0 radical (unpaired) electrons. The summed E-state index contributed by atoms with van der Waals surface area (Å²) in [4.78, 5) is 11.1. The van der Waals surface area contributed by atoms with Crippen molar-refractivity contribution in [2.24, 2.45) is 0 Å². The highest BCUT2D eigenvalue weighted by Crippen LogP contribution is 2.21. The number of aliphatic hydroxyl groups excluding tert-OH is 1. The summed E-state index contributed by atoms with van der Waals surface area (Å²) in [6.45, 7) is 1.09. The van der Waals surface area contributed by atoms with Gasteiger partial charge in [0.05, 0.1) is 5.56 Å². The van der Waals surface area contributed by atoms with E-state index in [0.717, 1.165) is 36.7 Å². The molecule has 0 unspecified atom stereocenters. The Labute approximate surface area is 105 Å². The summed E-state index contributed by atoms with van der Waals surface area (Å²) in [5, 5.41) is 18.6. The molecule has 96 valence electrons. The summed E-state index contributed by atoms with van der Waals surface area (Å²) in [5.41, 5.74) is 1.31. The molecule has 1 aromatic carbocycles. The van der Waals surface area contributed by atoms with Gasteiger partial charge in [-0.15, -0.1) is 0 Å². The minimum atomic E-state index is -0.890. The molecule has 1 heterocycles. The molecule has 0 atom stereocenters. The number of hydrogen-bond donors (Lipinski definition) is 2. The van der Waals surface area contributed by atoms with Gasteiger partial charge in [-0.2, -0.15) is 0 Å². The fraction of sp³-hybridized carbons (Fsp3) is 0.357. The molecule has 4 heteroatoms. The van der Waals surface area contributed by atoms with Gasteiger partial charge in [-0.3, -0.25) is 0 Å². The average Bonchev–Trinajstić information content (AvgIpc) is 2.77. The summed E-state index contributed by atoms with van der Waals surface area (Å²) in [6, 6.07) is 7.19. The lowest BCUT2D eigenvalue weighted by Gasteiger charge is -2.05. The van der Waals surface area contributed by atoms with E-state index >= 15 is 0 Å². The molecule has 0 spiro atoms. The molecule has 2 rings (SSSR count). The number of aliphatic hydroxyl groups is 1. The second-order valence-corrected chi connectivity index (χ2v) is 4.34. The first-order chi connectivity index (χ1) is 8.74. The number of benzene rings is 1. The van der Waals surface area contributed by atoms with Crippen LogP contribution in [0.1, 0.15) is 29.6 Å². The Balaban J connectivity index is 2.20. The molecule has 18 heavy (non-hydrogen) atoms. The zero-order valence-electron chi connectivity index (χ0n) is 10.2. The predicted molar refractivity (Wildman–Crippen MR) is 69.8 cm³/mol. The SMILES string of the molecule is O=C(O)c1cccc2c1ccn2CCCCCO. The minimum Gasteiger partial charge on any atom is -0.478 e. The third kappa shape index (κ3) is 2.54. The lowest BCUT2D eigenvalue weighted by Crippen LogP contribution is -1.99. The number of aromatic carboxylic acids is 1. The molecule has 0 aliphatic rings. The number of unbranched alkanes of at least 4 members (excludes halogenated alkanes) is 2.